The second kappa shape index (κ2) is 15.7. The quantitative estimate of drug-likeness (QED) is 0.165. The fourth-order valence-electron chi connectivity index (χ4n) is 7.70. The Morgan fingerprint density at radius 1 is 1.00 bits per heavy atom. The van der Waals surface area contributed by atoms with Gasteiger partial charge in [0.2, 0.25) is 17.9 Å². The molecule has 55 heavy (non-hydrogen) atoms. The third kappa shape index (κ3) is 8.39. The summed E-state index contributed by atoms with van der Waals surface area (Å²) in [5, 5.41) is 12.1. The van der Waals surface area contributed by atoms with Crippen LogP contribution in [-0.2, 0) is 49.3 Å². The molecule has 0 bridgehead atoms. The number of likely N-dealkylation sites (N-methyl/N-ethyl adjacent to an activating group) is 1. The Bertz CT molecular complexity index is 1850. The minimum absolute atomic E-state index is 0.0343. The highest BCUT2D eigenvalue weighted by atomic mass is 16.8. The van der Waals surface area contributed by atoms with Gasteiger partial charge >= 0.3 is 17.9 Å². The minimum Gasteiger partial charge on any atom is -0.462 e. The third-order valence-electron chi connectivity index (χ3n) is 11.0. The number of aliphatic hydroxyl groups excluding tert-OH is 1. The first-order valence-corrected chi connectivity index (χ1v) is 19.0. The summed E-state index contributed by atoms with van der Waals surface area (Å²) in [4.78, 5) is 67.6. The van der Waals surface area contributed by atoms with Crippen molar-refractivity contribution in [3.05, 3.63) is 89.0 Å². The van der Waals surface area contributed by atoms with Crippen molar-refractivity contribution in [2.24, 2.45) is 17.3 Å². The summed E-state index contributed by atoms with van der Waals surface area (Å²) in [6, 6.07) is 15.0. The Labute approximate surface area is 320 Å². The molecule has 2 saturated carbocycles. The number of nitrogens with zero attached hydrogens (tertiary/aromatic N) is 1. The highest BCUT2D eigenvalue weighted by molar-refractivity contribution is 5.97. The second-order valence-corrected chi connectivity index (χ2v) is 15.8. The van der Waals surface area contributed by atoms with Crippen molar-refractivity contribution in [2.75, 3.05) is 26.8 Å². The maximum absolute atomic E-state index is 14.3. The van der Waals surface area contributed by atoms with Gasteiger partial charge in [-0.05, 0) is 61.1 Å². The number of carbonyl (C=O) groups excluding carboxylic acids is 5. The van der Waals surface area contributed by atoms with Crippen molar-refractivity contribution in [3.8, 4) is 0 Å². The van der Waals surface area contributed by atoms with Crippen LogP contribution in [-0.4, -0.2) is 103 Å². The Morgan fingerprint density at radius 2 is 1.73 bits per heavy atom. The first-order chi connectivity index (χ1) is 26.4. The van der Waals surface area contributed by atoms with Crippen molar-refractivity contribution in [1.29, 1.82) is 0 Å². The zero-order valence-electron chi connectivity index (χ0n) is 31.3. The summed E-state index contributed by atoms with van der Waals surface area (Å²) in [5.41, 5.74) is 1.28. The topological polar surface area (TPSA) is 167 Å². The smallest absolute Gasteiger partial charge is 0.348 e. The summed E-state index contributed by atoms with van der Waals surface area (Å²) in [6.07, 6.45) is 5.40. The van der Waals surface area contributed by atoms with Crippen LogP contribution in [0.1, 0.15) is 67.4 Å². The number of fused-ring (bicyclic) bond motifs is 1. The van der Waals surface area contributed by atoms with Gasteiger partial charge in [0, 0.05) is 55.3 Å². The molecule has 0 unspecified atom stereocenters. The zero-order valence-corrected chi connectivity index (χ0v) is 31.3. The van der Waals surface area contributed by atoms with Crippen LogP contribution >= 0.6 is 0 Å². The Balaban J connectivity index is 1.10. The summed E-state index contributed by atoms with van der Waals surface area (Å²) in [6.45, 7) is 3.51. The van der Waals surface area contributed by atoms with Gasteiger partial charge in [0.15, 0.2) is 5.79 Å². The molecule has 7 rings (SSSR count). The van der Waals surface area contributed by atoms with Crippen LogP contribution < -0.4 is 5.32 Å². The lowest BCUT2D eigenvalue weighted by Crippen LogP contribution is -2.51. The number of cyclic esters (lactones) is 1. The fraction of sp³-hybridized carbons (Fsp3) is 0.500. The van der Waals surface area contributed by atoms with E-state index in [0.29, 0.717) is 11.1 Å². The number of nitrogens with one attached hydrogen (secondary N) is 1. The lowest BCUT2D eigenvalue weighted by molar-refractivity contribution is -0.209. The molecule has 292 valence electrons. The van der Waals surface area contributed by atoms with Gasteiger partial charge in [-0.1, -0.05) is 56.3 Å². The van der Waals surface area contributed by atoms with Crippen LogP contribution in [0.2, 0.25) is 0 Å². The maximum atomic E-state index is 14.3. The molecule has 2 N–H and O–H groups in total. The molecule has 2 aromatic carbocycles. The summed E-state index contributed by atoms with van der Waals surface area (Å²) in [7, 11) is 1.57. The van der Waals surface area contributed by atoms with E-state index in [1.165, 1.54) is 17.1 Å². The molecular formula is C42H48N2O11. The van der Waals surface area contributed by atoms with Crippen molar-refractivity contribution in [1.82, 2.24) is 10.2 Å². The monoisotopic (exact) mass is 756 g/mol. The molecule has 13 heteroatoms. The third-order valence-corrected chi connectivity index (χ3v) is 11.0. The molecular weight excluding hydrogens is 708 g/mol. The molecule has 0 aromatic heterocycles. The molecule has 0 spiro atoms. The summed E-state index contributed by atoms with van der Waals surface area (Å²) < 4.78 is 30.1. The lowest BCUT2D eigenvalue weighted by Gasteiger charge is -2.33. The normalized spacial score (nSPS) is 25.7. The van der Waals surface area contributed by atoms with E-state index < -0.39 is 71.4 Å². The minimum atomic E-state index is -1.02. The number of hydrogen-bond donors (Lipinski definition) is 2. The molecule has 13 nitrogen and oxygen atoms in total. The van der Waals surface area contributed by atoms with E-state index in [4.69, 9.17) is 23.7 Å². The number of ether oxygens (including phenoxy) is 5. The number of esters is 3. The molecule has 2 aliphatic heterocycles. The van der Waals surface area contributed by atoms with Crippen LogP contribution in [0, 0.1) is 17.3 Å². The first kappa shape index (κ1) is 38.4. The standard InChI is InChI=1S/C42H48N2O11/c1-41(2)24-51-40(50)36(41)53-34(46)17-12-26-10-7-11-27(20-26)39(49)52-32-22-28(23-33-35(32)55-42(54-33,29-13-14-29)30-15-16-30)38(48)44(3)31(37(47)43-18-19-45)21-25-8-5-4-6-9-25/h4-12,17,20,23,29-33,35-36,45H,13-16,18-19,21-22,24H2,1-3H3,(H,43,47)/t31-,32-,33-,35+,36+/m1/s1. The fourth-order valence-corrected chi connectivity index (χ4v) is 7.70. The number of amides is 2. The zero-order chi connectivity index (χ0) is 38.9. The van der Waals surface area contributed by atoms with Crippen LogP contribution in [0.4, 0.5) is 0 Å². The van der Waals surface area contributed by atoms with Gasteiger partial charge in [-0.3, -0.25) is 9.59 Å². The second-order valence-electron chi connectivity index (χ2n) is 15.8. The molecule has 4 fully saturated rings. The highest BCUT2D eigenvalue weighted by Crippen LogP contribution is 2.59. The molecule has 0 radical (unpaired) electrons. The average molecular weight is 757 g/mol. The number of benzene rings is 2. The van der Waals surface area contributed by atoms with Crippen LogP contribution in [0.5, 0.6) is 0 Å². The van der Waals surface area contributed by atoms with E-state index >= 15 is 0 Å². The van der Waals surface area contributed by atoms with Crippen molar-refractivity contribution < 1.29 is 52.8 Å². The van der Waals surface area contributed by atoms with E-state index in [2.05, 4.69) is 5.32 Å². The van der Waals surface area contributed by atoms with E-state index in [1.807, 2.05) is 30.3 Å². The molecule has 5 aliphatic rings. The average Bonchev–Trinajstić information content (AvgIpc) is 4.13. The van der Waals surface area contributed by atoms with Gasteiger partial charge in [0.05, 0.1) is 12.2 Å². The van der Waals surface area contributed by atoms with Crippen molar-refractivity contribution >= 4 is 35.8 Å². The van der Waals surface area contributed by atoms with Crippen LogP contribution in [0.25, 0.3) is 6.08 Å². The van der Waals surface area contributed by atoms with E-state index in [0.717, 1.165) is 31.2 Å². The Kier molecular flexibility index (Phi) is 11.0. The Hall–Kier alpha value is -4.85. The predicted molar refractivity (Wildman–Crippen MR) is 197 cm³/mol. The van der Waals surface area contributed by atoms with E-state index in [-0.39, 0.29) is 50.0 Å². The molecule has 5 atom stereocenters. The lowest BCUT2D eigenvalue weighted by atomic mass is 9.90. The molecule has 2 saturated heterocycles. The van der Waals surface area contributed by atoms with Crippen molar-refractivity contribution in [2.45, 2.75) is 88.6 Å². The number of rotatable bonds is 14. The molecule has 2 heterocycles. The summed E-state index contributed by atoms with van der Waals surface area (Å²) >= 11 is 0. The number of aliphatic hydroxyl groups is 1. The Morgan fingerprint density at radius 3 is 2.38 bits per heavy atom. The van der Waals surface area contributed by atoms with Gasteiger partial charge in [0.1, 0.15) is 31.0 Å². The van der Waals surface area contributed by atoms with Crippen LogP contribution in [0.15, 0.2) is 72.3 Å². The largest absolute Gasteiger partial charge is 0.462 e. The number of carbonyl (C=O) groups is 5. The maximum Gasteiger partial charge on any atom is 0.348 e. The molecule has 2 amide bonds. The van der Waals surface area contributed by atoms with Gasteiger partial charge in [0.25, 0.3) is 0 Å². The van der Waals surface area contributed by atoms with Gasteiger partial charge < -0.3 is 39.0 Å². The summed E-state index contributed by atoms with van der Waals surface area (Å²) in [5.74, 6) is -3.13. The predicted octanol–water partition coefficient (Wildman–Crippen LogP) is 3.53. The number of hydrogen-bond acceptors (Lipinski definition) is 11. The SMILES string of the molecule is CN(C(=O)C1=C[C@H]2OC(C3CC3)(C3CC3)O[C@H]2[C@H](OC(=O)c2cccc(C=CC(=O)O[C@H]3C(=O)OCC3(C)C)c2)C1)[C@H](Cc1ccccc1)C(=O)NCCO. The highest BCUT2D eigenvalue weighted by Gasteiger charge is 2.64. The van der Waals surface area contributed by atoms with E-state index in [9.17, 15) is 29.1 Å². The van der Waals surface area contributed by atoms with Crippen molar-refractivity contribution in [3.63, 3.8) is 0 Å². The van der Waals surface area contributed by atoms with Gasteiger partial charge in [-0.2, -0.15) is 0 Å². The van der Waals surface area contributed by atoms with Gasteiger partial charge in [-0.15, -0.1) is 0 Å². The molecule has 3 aliphatic carbocycles. The first-order valence-electron chi connectivity index (χ1n) is 19.0. The van der Waals surface area contributed by atoms with Gasteiger partial charge in [-0.25, -0.2) is 14.4 Å². The van der Waals surface area contributed by atoms with E-state index in [1.54, 1.807) is 51.2 Å². The van der Waals surface area contributed by atoms with Crippen LogP contribution in [0.3, 0.4) is 0 Å². The molecule has 2 aromatic rings.